The standard InChI is InChI=1S/C12H11BrN2O3S2/c1-15(12(16)8-6-11(13)19-7-8)9-2-4-10(5-3-9)20(14,17)18/h2-7H,1H3,(H2,14,17,18). The topological polar surface area (TPSA) is 80.5 Å². The highest BCUT2D eigenvalue weighted by molar-refractivity contribution is 9.11. The van der Waals surface area contributed by atoms with E-state index in [1.54, 1.807) is 30.6 Å². The fraction of sp³-hybridized carbons (Fsp3) is 0.0833. The molecule has 0 radical (unpaired) electrons. The third-order valence-corrected chi connectivity index (χ3v) is 5.11. The molecule has 0 saturated carbocycles. The Bertz CT molecular complexity index is 738. The highest BCUT2D eigenvalue weighted by Crippen LogP contribution is 2.24. The Morgan fingerprint density at radius 2 is 1.90 bits per heavy atom. The van der Waals surface area contributed by atoms with Gasteiger partial charge in [0.15, 0.2) is 0 Å². The summed E-state index contributed by atoms with van der Waals surface area (Å²) in [4.78, 5) is 13.7. The number of benzene rings is 1. The summed E-state index contributed by atoms with van der Waals surface area (Å²) >= 11 is 4.73. The van der Waals surface area contributed by atoms with Gasteiger partial charge in [-0.05, 0) is 46.3 Å². The number of nitrogens with zero attached hydrogens (tertiary/aromatic N) is 1. The number of amides is 1. The van der Waals surface area contributed by atoms with Gasteiger partial charge in [-0.2, -0.15) is 0 Å². The normalized spacial score (nSPS) is 11.3. The van der Waals surface area contributed by atoms with E-state index in [4.69, 9.17) is 5.14 Å². The van der Waals surface area contributed by atoms with Crippen molar-refractivity contribution in [2.75, 3.05) is 11.9 Å². The number of hydrogen-bond donors (Lipinski definition) is 1. The van der Waals surface area contributed by atoms with Gasteiger partial charge >= 0.3 is 0 Å². The van der Waals surface area contributed by atoms with Crippen LogP contribution in [-0.2, 0) is 10.0 Å². The molecule has 2 aromatic rings. The Morgan fingerprint density at radius 1 is 1.30 bits per heavy atom. The summed E-state index contributed by atoms with van der Waals surface area (Å²) < 4.78 is 23.2. The van der Waals surface area contributed by atoms with E-state index >= 15 is 0 Å². The van der Waals surface area contributed by atoms with Crippen LogP contribution in [0.4, 0.5) is 5.69 Å². The molecule has 0 fully saturated rings. The molecule has 1 aromatic heterocycles. The van der Waals surface area contributed by atoms with Gasteiger partial charge in [-0.3, -0.25) is 4.79 Å². The summed E-state index contributed by atoms with van der Waals surface area (Å²) in [6.45, 7) is 0. The van der Waals surface area contributed by atoms with Crippen molar-refractivity contribution in [3.8, 4) is 0 Å². The van der Waals surface area contributed by atoms with Gasteiger partial charge in [-0.25, -0.2) is 13.6 Å². The first-order valence-corrected chi connectivity index (χ1v) is 8.66. The second kappa shape index (κ2) is 5.65. The predicted molar refractivity (Wildman–Crippen MR) is 82.6 cm³/mol. The Balaban J connectivity index is 2.25. The van der Waals surface area contributed by atoms with Crippen LogP contribution in [0.1, 0.15) is 10.4 Å². The van der Waals surface area contributed by atoms with Gasteiger partial charge in [-0.1, -0.05) is 0 Å². The molecule has 20 heavy (non-hydrogen) atoms. The molecule has 0 aliphatic rings. The minimum Gasteiger partial charge on any atom is -0.311 e. The van der Waals surface area contributed by atoms with Gasteiger partial charge in [-0.15, -0.1) is 11.3 Å². The number of halogens is 1. The summed E-state index contributed by atoms with van der Waals surface area (Å²) in [6.07, 6.45) is 0. The van der Waals surface area contributed by atoms with E-state index in [9.17, 15) is 13.2 Å². The van der Waals surface area contributed by atoms with E-state index in [2.05, 4.69) is 15.9 Å². The highest BCUT2D eigenvalue weighted by atomic mass is 79.9. The second-order valence-corrected chi connectivity index (χ2v) is 7.89. The summed E-state index contributed by atoms with van der Waals surface area (Å²) in [5.41, 5.74) is 1.16. The number of nitrogens with two attached hydrogens (primary N) is 1. The molecule has 0 atom stereocenters. The zero-order valence-electron chi connectivity index (χ0n) is 10.4. The molecule has 0 spiro atoms. The maximum absolute atomic E-state index is 12.2. The lowest BCUT2D eigenvalue weighted by molar-refractivity contribution is 0.0993. The van der Waals surface area contributed by atoms with E-state index in [0.29, 0.717) is 11.3 Å². The number of carbonyl (C=O) groups is 1. The van der Waals surface area contributed by atoms with Crippen molar-refractivity contribution in [2.24, 2.45) is 5.14 Å². The average molecular weight is 375 g/mol. The van der Waals surface area contributed by atoms with Gasteiger partial charge in [0.05, 0.1) is 14.2 Å². The van der Waals surface area contributed by atoms with Gasteiger partial charge in [0.1, 0.15) is 0 Å². The second-order valence-electron chi connectivity index (χ2n) is 4.04. The Hall–Kier alpha value is -1.22. The molecule has 1 aromatic carbocycles. The van der Waals surface area contributed by atoms with E-state index in [-0.39, 0.29) is 10.8 Å². The molecule has 0 saturated heterocycles. The first kappa shape index (κ1) is 15.2. The number of carbonyl (C=O) groups excluding carboxylic acids is 1. The lowest BCUT2D eigenvalue weighted by atomic mass is 10.2. The zero-order chi connectivity index (χ0) is 14.9. The summed E-state index contributed by atoms with van der Waals surface area (Å²) in [6, 6.07) is 7.57. The largest absolute Gasteiger partial charge is 0.311 e. The number of hydrogen-bond acceptors (Lipinski definition) is 4. The summed E-state index contributed by atoms with van der Waals surface area (Å²) in [7, 11) is -2.10. The maximum atomic E-state index is 12.2. The molecule has 1 heterocycles. The smallest absolute Gasteiger partial charge is 0.258 e. The van der Waals surface area contributed by atoms with Crippen molar-refractivity contribution >= 4 is 48.9 Å². The van der Waals surface area contributed by atoms with Crippen LogP contribution < -0.4 is 10.0 Å². The zero-order valence-corrected chi connectivity index (χ0v) is 13.6. The van der Waals surface area contributed by atoms with Crippen molar-refractivity contribution in [3.05, 3.63) is 45.1 Å². The van der Waals surface area contributed by atoms with Gasteiger partial charge in [0.25, 0.3) is 5.91 Å². The minimum atomic E-state index is -3.72. The van der Waals surface area contributed by atoms with E-state index in [1.165, 1.54) is 28.4 Å². The molecule has 106 valence electrons. The average Bonchev–Trinajstić information content (AvgIpc) is 2.83. The Morgan fingerprint density at radius 3 is 2.35 bits per heavy atom. The molecular formula is C12H11BrN2O3S2. The number of sulfonamides is 1. The number of thiophene rings is 1. The number of primary sulfonamides is 1. The van der Waals surface area contributed by atoms with Crippen LogP contribution in [0.15, 0.2) is 44.4 Å². The van der Waals surface area contributed by atoms with Gasteiger partial charge < -0.3 is 4.90 Å². The summed E-state index contributed by atoms with van der Waals surface area (Å²) in [5.74, 6) is -0.171. The van der Waals surface area contributed by atoms with Crippen LogP contribution in [0.25, 0.3) is 0 Å². The van der Waals surface area contributed by atoms with Crippen molar-refractivity contribution < 1.29 is 13.2 Å². The molecule has 2 rings (SSSR count). The van der Waals surface area contributed by atoms with Crippen molar-refractivity contribution in [1.29, 1.82) is 0 Å². The van der Waals surface area contributed by atoms with E-state index in [0.717, 1.165) is 3.79 Å². The molecule has 2 N–H and O–H groups in total. The van der Waals surface area contributed by atoms with Crippen LogP contribution in [0.2, 0.25) is 0 Å². The fourth-order valence-corrected chi connectivity index (χ4v) is 3.24. The molecule has 5 nitrogen and oxygen atoms in total. The van der Waals surface area contributed by atoms with Gasteiger partial charge in [0, 0.05) is 18.1 Å². The maximum Gasteiger partial charge on any atom is 0.258 e. The van der Waals surface area contributed by atoms with Crippen LogP contribution in [0.3, 0.4) is 0 Å². The molecule has 0 bridgehead atoms. The van der Waals surface area contributed by atoms with Crippen LogP contribution in [0, 0.1) is 0 Å². The number of rotatable bonds is 3. The predicted octanol–water partition coefficient (Wildman–Crippen LogP) is 2.43. The lowest BCUT2D eigenvalue weighted by Crippen LogP contribution is -2.25. The Labute approximate surface area is 129 Å². The SMILES string of the molecule is CN(C(=O)c1csc(Br)c1)c1ccc(S(N)(=O)=O)cc1. The summed E-state index contributed by atoms with van der Waals surface area (Å²) in [5, 5.41) is 6.78. The van der Waals surface area contributed by atoms with Crippen molar-refractivity contribution in [1.82, 2.24) is 0 Å². The molecule has 0 aliphatic heterocycles. The first-order valence-electron chi connectivity index (χ1n) is 5.44. The molecular weight excluding hydrogens is 364 g/mol. The van der Waals surface area contributed by atoms with Crippen LogP contribution in [-0.4, -0.2) is 21.4 Å². The van der Waals surface area contributed by atoms with Crippen LogP contribution >= 0.6 is 27.3 Å². The third kappa shape index (κ3) is 3.26. The molecule has 8 heteroatoms. The lowest BCUT2D eigenvalue weighted by Gasteiger charge is -2.16. The monoisotopic (exact) mass is 374 g/mol. The van der Waals surface area contributed by atoms with E-state index < -0.39 is 10.0 Å². The van der Waals surface area contributed by atoms with Crippen LogP contribution in [0.5, 0.6) is 0 Å². The fourth-order valence-electron chi connectivity index (χ4n) is 1.59. The van der Waals surface area contributed by atoms with Crippen molar-refractivity contribution in [3.63, 3.8) is 0 Å². The molecule has 0 aliphatic carbocycles. The molecule has 0 unspecified atom stereocenters. The highest BCUT2D eigenvalue weighted by Gasteiger charge is 2.16. The van der Waals surface area contributed by atoms with Crippen molar-refractivity contribution in [2.45, 2.75) is 4.90 Å². The Kier molecular flexibility index (Phi) is 4.28. The minimum absolute atomic E-state index is 0.0142. The molecule has 1 amide bonds. The third-order valence-electron chi connectivity index (χ3n) is 2.67. The first-order chi connectivity index (χ1) is 9.29. The number of anilines is 1. The van der Waals surface area contributed by atoms with E-state index in [1.807, 2.05) is 0 Å². The van der Waals surface area contributed by atoms with Gasteiger partial charge in [0.2, 0.25) is 10.0 Å². The quantitative estimate of drug-likeness (QED) is 0.895.